The molecule has 0 bridgehead atoms. The molecule has 1 saturated heterocycles. The van der Waals surface area contributed by atoms with Gasteiger partial charge in [0, 0.05) is 13.1 Å². The van der Waals surface area contributed by atoms with Crippen LogP contribution in [0.15, 0.2) is 24.3 Å². The van der Waals surface area contributed by atoms with Gasteiger partial charge in [-0.25, -0.2) is 0 Å². The topological polar surface area (TPSA) is 49.4 Å². The van der Waals surface area contributed by atoms with Crippen molar-refractivity contribution in [2.75, 3.05) is 18.4 Å². The molecule has 4 nitrogen and oxygen atoms in total. The number of amides is 2. The van der Waals surface area contributed by atoms with Crippen LogP contribution in [0.1, 0.15) is 37.7 Å². The summed E-state index contributed by atoms with van der Waals surface area (Å²) in [6.07, 6.45) is -1.11. The number of halogens is 3. The maximum atomic E-state index is 12.9. The predicted molar refractivity (Wildman–Crippen MR) is 79.7 cm³/mol. The lowest BCUT2D eigenvalue weighted by atomic mass is 10.1. The third-order valence-electron chi connectivity index (χ3n) is 3.78. The number of anilines is 1. The van der Waals surface area contributed by atoms with E-state index in [1.54, 1.807) is 4.90 Å². The average molecular weight is 328 g/mol. The first-order valence-corrected chi connectivity index (χ1v) is 7.62. The number of benzene rings is 1. The molecule has 0 spiro atoms. The van der Waals surface area contributed by atoms with Crippen LogP contribution in [-0.4, -0.2) is 29.8 Å². The molecule has 7 heteroatoms. The molecule has 0 aromatic heterocycles. The van der Waals surface area contributed by atoms with Crippen LogP contribution in [0, 0.1) is 0 Å². The Labute approximate surface area is 132 Å². The lowest BCUT2D eigenvalue weighted by Gasteiger charge is -2.20. The van der Waals surface area contributed by atoms with E-state index < -0.39 is 24.1 Å². The molecular formula is C16H19F3N2O2. The van der Waals surface area contributed by atoms with Gasteiger partial charge in [-0.1, -0.05) is 25.0 Å². The van der Waals surface area contributed by atoms with Gasteiger partial charge in [0.05, 0.1) is 11.3 Å². The van der Waals surface area contributed by atoms with Gasteiger partial charge in [0.2, 0.25) is 11.8 Å². The first kappa shape index (κ1) is 17.3. The molecule has 1 aliphatic heterocycles. The highest BCUT2D eigenvalue weighted by atomic mass is 19.4. The van der Waals surface area contributed by atoms with E-state index in [4.69, 9.17) is 0 Å². The number of alkyl halides is 3. The zero-order chi connectivity index (χ0) is 16.9. The molecule has 1 aromatic rings. The standard InChI is InChI=1S/C16H19F3N2O2/c17-16(18,19)12-7-3-4-8-13(12)20-14(22)11-15(23)21-9-5-1-2-6-10-21/h3-4,7-8H,1-2,5-6,9-11H2,(H,20,22). The van der Waals surface area contributed by atoms with Gasteiger partial charge in [0.25, 0.3) is 0 Å². The third-order valence-corrected chi connectivity index (χ3v) is 3.78. The van der Waals surface area contributed by atoms with Gasteiger partial charge in [0.15, 0.2) is 0 Å². The maximum Gasteiger partial charge on any atom is 0.418 e. The van der Waals surface area contributed by atoms with Crippen LogP contribution >= 0.6 is 0 Å². The summed E-state index contributed by atoms with van der Waals surface area (Å²) in [5, 5.41) is 2.20. The van der Waals surface area contributed by atoms with Gasteiger partial charge in [-0.2, -0.15) is 13.2 Å². The van der Waals surface area contributed by atoms with Crippen molar-refractivity contribution in [3.8, 4) is 0 Å². The largest absolute Gasteiger partial charge is 0.418 e. The minimum absolute atomic E-state index is 0.325. The van der Waals surface area contributed by atoms with Crippen LogP contribution < -0.4 is 5.32 Å². The normalized spacial score (nSPS) is 15.9. The van der Waals surface area contributed by atoms with Gasteiger partial charge >= 0.3 is 6.18 Å². The summed E-state index contributed by atoms with van der Waals surface area (Å²) in [7, 11) is 0. The summed E-state index contributed by atoms with van der Waals surface area (Å²) >= 11 is 0. The van der Waals surface area contributed by atoms with E-state index in [0.717, 1.165) is 31.7 Å². The highest BCUT2D eigenvalue weighted by Gasteiger charge is 2.33. The molecule has 0 unspecified atom stereocenters. The van der Waals surface area contributed by atoms with E-state index in [0.29, 0.717) is 13.1 Å². The molecule has 0 atom stereocenters. The second-order valence-corrected chi connectivity index (χ2v) is 5.56. The third kappa shape index (κ3) is 4.97. The number of hydrogen-bond acceptors (Lipinski definition) is 2. The van der Waals surface area contributed by atoms with Crippen molar-refractivity contribution in [2.45, 2.75) is 38.3 Å². The van der Waals surface area contributed by atoms with Crippen molar-refractivity contribution in [2.24, 2.45) is 0 Å². The monoisotopic (exact) mass is 328 g/mol. The Morgan fingerprint density at radius 3 is 2.26 bits per heavy atom. The summed E-state index contributed by atoms with van der Waals surface area (Å²) in [5.74, 6) is -1.06. The Hall–Kier alpha value is -2.05. The van der Waals surface area contributed by atoms with Crippen molar-refractivity contribution in [3.05, 3.63) is 29.8 Å². The molecule has 1 aliphatic rings. The lowest BCUT2D eigenvalue weighted by Crippen LogP contribution is -2.34. The molecule has 126 valence electrons. The van der Waals surface area contributed by atoms with Crippen LogP contribution in [0.25, 0.3) is 0 Å². The fraction of sp³-hybridized carbons (Fsp3) is 0.500. The van der Waals surface area contributed by atoms with Crippen LogP contribution in [0.5, 0.6) is 0 Å². The minimum atomic E-state index is -4.56. The zero-order valence-corrected chi connectivity index (χ0v) is 12.7. The smallest absolute Gasteiger partial charge is 0.342 e. The molecular weight excluding hydrogens is 309 g/mol. The van der Waals surface area contributed by atoms with Gasteiger partial charge in [0.1, 0.15) is 6.42 Å². The first-order valence-electron chi connectivity index (χ1n) is 7.62. The molecule has 1 heterocycles. The molecule has 1 aromatic carbocycles. The Morgan fingerprint density at radius 2 is 1.65 bits per heavy atom. The molecule has 2 rings (SSSR count). The number of rotatable bonds is 3. The highest BCUT2D eigenvalue weighted by molar-refractivity contribution is 6.03. The van der Waals surface area contributed by atoms with Crippen LogP contribution in [0.3, 0.4) is 0 Å². The summed E-state index contributed by atoms with van der Waals surface area (Å²) < 4.78 is 38.6. The maximum absolute atomic E-state index is 12.9. The van der Waals surface area contributed by atoms with Gasteiger partial charge in [-0.15, -0.1) is 0 Å². The molecule has 0 aliphatic carbocycles. The van der Waals surface area contributed by atoms with E-state index in [1.807, 2.05) is 0 Å². The summed E-state index contributed by atoms with van der Waals surface area (Å²) in [4.78, 5) is 25.6. The Kier molecular flexibility index (Phi) is 5.63. The second kappa shape index (κ2) is 7.48. The van der Waals surface area contributed by atoms with Gasteiger partial charge < -0.3 is 10.2 Å². The summed E-state index contributed by atoms with van der Waals surface area (Å²) in [6.45, 7) is 1.20. The van der Waals surface area contributed by atoms with Crippen molar-refractivity contribution in [1.29, 1.82) is 0 Å². The van der Waals surface area contributed by atoms with Crippen LogP contribution in [-0.2, 0) is 15.8 Å². The fourth-order valence-electron chi connectivity index (χ4n) is 2.60. The van der Waals surface area contributed by atoms with Crippen molar-refractivity contribution in [3.63, 3.8) is 0 Å². The van der Waals surface area contributed by atoms with E-state index >= 15 is 0 Å². The number of carbonyl (C=O) groups is 2. The molecule has 1 N–H and O–H groups in total. The Morgan fingerprint density at radius 1 is 1.04 bits per heavy atom. The second-order valence-electron chi connectivity index (χ2n) is 5.56. The molecule has 1 fully saturated rings. The van der Waals surface area contributed by atoms with E-state index in [-0.39, 0.29) is 11.6 Å². The molecule has 0 radical (unpaired) electrons. The van der Waals surface area contributed by atoms with Crippen molar-refractivity contribution in [1.82, 2.24) is 4.90 Å². The Bertz CT molecular complexity index is 565. The van der Waals surface area contributed by atoms with Crippen LogP contribution in [0.2, 0.25) is 0 Å². The number of carbonyl (C=O) groups excluding carboxylic acids is 2. The number of hydrogen-bond donors (Lipinski definition) is 1. The van der Waals surface area contributed by atoms with Crippen molar-refractivity contribution < 1.29 is 22.8 Å². The zero-order valence-electron chi connectivity index (χ0n) is 12.7. The van der Waals surface area contributed by atoms with Gasteiger partial charge in [-0.3, -0.25) is 9.59 Å². The first-order chi connectivity index (χ1) is 10.9. The van der Waals surface area contributed by atoms with E-state index in [2.05, 4.69) is 5.32 Å². The van der Waals surface area contributed by atoms with Crippen molar-refractivity contribution >= 4 is 17.5 Å². The lowest BCUT2D eigenvalue weighted by molar-refractivity contribution is -0.137. The Balaban J connectivity index is 1.98. The SMILES string of the molecule is O=C(CC(=O)N1CCCCCC1)Nc1ccccc1C(F)(F)F. The van der Waals surface area contributed by atoms with Gasteiger partial charge in [-0.05, 0) is 25.0 Å². The number of nitrogens with one attached hydrogen (secondary N) is 1. The quantitative estimate of drug-likeness (QED) is 0.864. The van der Waals surface area contributed by atoms with E-state index in [1.165, 1.54) is 18.2 Å². The predicted octanol–water partition coefficient (Wildman–Crippen LogP) is 3.44. The molecule has 2 amide bonds. The summed E-state index contributed by atoms with van der Waals surface area (Å²) in [6, 6.07) is 4.73. The fourth-order valence-corrected chi connectivity index (χ4v) is 2.60. The molecule has 0 saturated carbocycles. The number of likely N-dealkylation sites (tertiary alicyclic amines) is 1. The number of para-hydroxylation sites is 1. The van der Waals surface area contributed by atoms with Crippen LogP contribution in [0.4, 0.5) is 18.9 Å². The van der Waals surface area contributed by atoms with E-state index in [9.17, 15) is 22.8 Å². The molecule has 23 heavy (non-hydrogen) atoms. The summed E-state index contributed by atoms with van der Waals surface area (Å²) in [5.41, 5.74) is -1.25. The average Bonchev–Trinajstić information content (AvgIpc) is 2.75. The number of nitrogens with zero attached hydrogens (tertiary/aromatic N) is 1. The highest BCUT2D eigenvalue weighted by Crippen LogP contribution is 2.34. The minimum Gasteiger partial charge on any atom is -0.342 e.